The van der Waals surface area contributed by atoms with Gasteiger partial charge in [-0.3, -0.25) is 0 Å². The second-order valence-corrected chi connectivity index (χ2v) is 4.21. The Bertz CT molecular complexity index is 146. The van der Waals surface area contributed by atoms with Crippen LogP contribution < -0.4 is 5.32 Å². The van der Waals surface area contributed by atoms with Gasteiger partial charge >= 0.3 is 6.09 Å². The highest BCUT2D eigenvalue weighted by Crippen LogP contribution is 2.27. The van der Waals surface area contributed by atoms with Crippen molar-refractivity contribution >= 4 is 22.0 Å². The Labute approximate surface area is 86.5 Å². The molecule has 13 heavy (non-hydrogen) atoms. The Hall–Kier alpha value is -0.290. The van der Waals surface area contributed by atoms with Gasteiger partial charge in [0, 0.05) is 4.83 Å². The Morgan fingerprint density at radius 3 is 2.23 bits per heavy atom. The van der Waals surface area contributed by atoms with Crippen molar-refractivity contribution in [3.63, 3.8) is 0 Å². The molecular formula is C8H16BrNO3. The number of rotatable bonds is 3. The summed E-state index contributed by atoms with van der Waals surface area (Å²) < 4.78 is 0. The summed E-state index contributed by atoms with van der Waals surface area (Å²) in [4.78, 5) is 10.8. The van der Waals surface area contributed by atoms with E-state index in [2.05, 4.69) is 21.2 Å². The zero-order valence-corrected chi connectivity index (χ0v) is 9.25. The molecule has 1 atom stereocenters. The van der Waals surface area contributed by atoms with Gasteiger partial charge in [-0.2, -0.15) is 0 Å². The van der Waals surface area contributed by atoms with E-state index >= 15 is 0 Å². The molecule has 4 nitrogen and oxygen atoms in total. The highest BCUT2D eigenvalue weighted by molar-refractivity contribution is 9.09. The minimum Gasteiger partial charge on any atom is -0.465 e. The van der Waals surface area contributed by atoms with Crippen molar-refractivity contribution in [1.82, 2.24) is 5.32 Å². The predicted molar refractivity (Wildman–Crippen MR) is 54.3 cm³/mol. The third kappa shape index (κ3) is 9.63. The Balaban J connectivity index is 0.000000293. The zero-order valence-electron chi connectivity index (χ0n) is 7.66. The average molecular weight is 254 g/mol. The van der Waals surface area contributed by atoms with Gasteiger partial charge in [0.05, 0.1) is 12.6 Å². The molecule has 0 saturated heterocycles. The van der Waals surface area contributed by atoms with Crippen LogP contribution in [0, 0.1) is 0 Å². The standard InChI is InChI=1S/C5H11NO3.C3H5Br/c1-2-4(3-7)6-5(8)9;4-3-1-2-3/h4,6-7H,2-3H2,1H3,(H,8,9);3H,1-2H2. The van der Waals surface area contributed by atoms with Crippen LogP contribution in [-0.4, -0.2) is 33.8 Å². The van der Waals surface area contributed by atoms with Crippen LogP contribution in [0.1, 0.15) is 26.2 Å². The van der Waals surface area contributed by atoms with Crippen LogP contribution in [0.4, 0.5) is 4.79 Å². The Morgan fingerprint density at radius 1 is 1.69 bits per heavy atom. The number of hydrogen-bond donors (Lipinski definition) is 3. The number of halogens is 1. The molecule has 0 aromatic rings. The molecule has 1 rings (SSSR count). The third-order valence-corrected chi connectivity index (χ3v) is 2.46. The molecule has 1 aliphatic carbocycles. The van der Waals surface area contributed by atoms with E-state index < -0.39 is 6.09 Å². The summed E-state index contributed by atoms with van der Waals surface area (Å²) in [5, 5.41) is 18.7. The lowest BCUT2D eigenvalue weighted by Crippen LogP contribution is -2.35. The fourth-order valence-corrected chi connectivity index (χ4v) is 0.779. The first-order chi connectivity index (χ1) is 6.10. The van der Waals surface area contributed by atoms with Crippen LogP contribution in [0.3, 0.4) is 0 Å². The zero-order chi connectivity index (χ0) is 10.3. The summed E-state index contributed by atoms with van der Waals surface area (Å²) in [5.74, 6) is 0. The van der Waals surface area contributed by atoms with Crippen molar-refractivity contribution in [1.29, 1.82) is 0 Å². The van der Waals surface area contributed by atoms with E-state index in [1.54, 1.807) is 6.92 Å². The van der Waals surface area contributed by atoms with Gasteiger partial charge in [0.1, 0.15) is 0 Å². The molecule has 0 aromatic carbocycles. The number of carbonyl (C=O) groups is 1. The van der Waals surface area contributed by atoms with Crippen LogP contribution in [0.5, 0.6) is 0 Å². The van der Waals surface area contributed by atoms with Crippen LogP contribution in [0.25, 0.3) is 0 Å². The van der Waals surface area contributed by atoms with E-state index in [0.717, 1.165) is 4.83 Å². The maximum Gasteiger partial charge on any atom is 0.404 e. The molecule has 0 aromatic heterocycles. The summed E-state index contributed by atoms with van der Waals surface area (Å²) in [7, 11) is 0. The summed E-state index contributed by atoms with van der Waals surface area (Å²) in [5.41, 5.74) is 0. The minimum atomic E-state index is -1.09. The maximum atomic E-state index is 9.91. The molecule has 1 amide bonds. The first-order valence-electron chi connectivity index (χ1n) is 4.34. The molecule has 5 heteroatoms. The van der Waals surface area contributed by atoms with Gasteiger partial charge in [-0.1, -0.05) is 22.9 Å². The lowest BCUT2D eigenvalue weighted by Gasteiger charge is -2.09. The molecule has 1 aliphatic rings. The van der Waals surface area contributed by atoms with Crippen molar-refractivity contribution in [2.45, 2.75) is 37.1 Å². The van der Waals surface area contributed by atoms with Crippen molar-refractivity contribution in [2.24, 2.45) is 0 Å². The van der Waals surface area contributed by atoms with E-state index in [-0.39, 0.29) is 12.6 Å². The molecule has 1 saturated carbocycles. The minimum absolute atomic E-state index is 0.136. The molecule has 0 aliphatic heterocycles. The number of aliphatic hydroxyl groups excluding tert-OH is 1. The number of hydrogen-bond acceptors (Lipinski definition) is 2. The van der Waals surface area contributed by atoms with E-state index in [1.165, 1.54) is 12.8 Å². The highest BCUT2D eigenvalue weighted by atomic mass is 79.9. The van der Waals surface area contributed by atoms with Gasteiger partial charge in [0.2, 0.25) is 0 Å². The molecule has 78 valence electrons. The molecular weight excluding hydrogens is 238 g/mol. The molecule has 1 fully saturated rings. The van der Waals surface area contributed by atoms with Crippen LogP contribution in [0.2, 0.25) is 0 Å². The largest absolute Gasteiger partial charge is 0.465 e. The quantitative estimate of drug-likeness (QED) is 0.669. The maximum absolute atomic E-state index is 9.91. The van der Waals surface area contributed by atoms with Crippen LogP contribution >= 0.6 is 15.9 Å². The lowest BCUT2D eigenvalue weighted by atomic mass is 10.2. The second kappa shape index (κ2) is 7.15. The highest BCUT2D eigenvalue weighted by Gasteiger charge is 2.15. The van der Waals surface area contributed by atoms with E-state index in [0.29, 0.717) is 6.42 Å². The molecule has 3 N–H and O–H groups in total. The summed E-state index contributed by atoms with van der Waals surface area (Å²) in [6.07, 6.45) is 2.33. The monoisotopic (exact) mass is 253 g/mol. The fourth-order valence-electron chi connectivity index (χ4n) is 0.514. The summed E-state index contributed by atoms with van der Waals surface area (Å²) in [6.45, 7) is 1.67. The van der Waals surface area contributed by atoms with Crippen molar-refractivity contribution in [3.8, 4) is 0 Å². The number of aliphatic hydroxyl groups is 1. The smallest absolute Gasteiger partial charge is 0.404 e. The Kier molecular flexibility index (Phi) is 6.99. The van der Waals surface area contributed by atoms with Gasteiger partial charge in [-0.25, -0.2) is 4.79 Å². The second-order valence-electron chi connectivity index (χ2n) is 2.91. The molecule has 1 unspecified atom stereocenters. The number of nitrogens with one attached hydrogen (secondary N) is 1. The Morgan fingerprint density at radius 2 is 2.15 bits per heavy atom. The number of alkyl halides is 1. The molecule has 0 bridgehead atoms. The molecule has 0 radical (unpaired) electrons. The molecule has 0 spiro atoms. The molecule has 0 heterocycles. The normalized spacial score (nSPS) is 16.8. The van der Waals surface area contributed by atoms with Crippen LogP contribution in [0.15, 0.2) is 0 Å². The number of amides is 1. The van der Waals surface area contributed by atoms with Crippen LogP contribution in [-0.2, 0) is 0 Å². The average Bonchev–Trinajstić information content (AvgIpc) is 2.84. The van der Waals surface area contributed by atoms with Crippen molar-refractivity contribution in [2.75, 3.05) is 6.61 Å². The van der Waals surface area contributed by atoms with E-state index in [1.807, 2.05) is 0 Å². The van der Waals surface area contributed by atoms with Gasteiger partial charge in [-0.15, -0.1) is 0 Å². The first-order valence-corrected chi connectivity index (χ1v) is 5.26. The van der Waals surface area contributed by atoms with Gasteiger partial charge in [-0.05, 0) is 19.3 Å². The fraction of sp³-hybridized carbons (Fsp3) is 0.875. The van der Waals surface area contributed by atoms with E-state index in [9.17, 15) is 4.79 Å². The lowest BCUT2D eigenvalue weighted by molar-refractivity contribution is 0.176. The van der Waals surface area contributed by atoms with Crippen molar-refractivity contribution in [3.05, 3.63) is 0 Å². The predicted octanol–water partition coefficient (Wildman–Crippen LogP) is 1.57. The summed E-state index contributed by atoms with van der Waals surface area (Å²) >= 11 is 3.38. The summed E-state index contributed by atoms with van der Waals surface area (Å²) in [6, 6.07) is -0.317. The van der Waals surface area contributed by atoms with Crippen molar-refractivity contribution < 1.29 is 15.0 Å². The van der Waals surface area contributed by atoms with E-state index in [4.69, 9.17) is 10.2 Å². The SMILES string of the molecule is BrC1CC1.CCC(CO)NC(=O)O. The van der Waals surface area contributed by atoms with Gasteiger partial charge in [0.15, 0.2) is 0 Å². The topological polar surface area (TPSA) is 69.6 Å². The van der Waals surface area contributed by atoms with Gasteiger partial charge in [0.25, 0.3) is 0 Å². The first kappa shape index (κ1) is 12.7. The number of carboxylic acid groups (broad SMARTS) is 1. The third-order valence-electron chi connectivity index (χ3n) is 1.55. The van der Waals surface area contributed by atoms with Gasteiger partial charge < -0.3 is 15.5 Å².